The van der Waals surface area contributed by atoms with Crippen molar-refractivity contribution in [2.24, 2.45) is 7.05 Å². The van der Waals surface area contributed by atoms with E-state index in [1.165, 1.54) is 0 Å². The van der Waals surface area contributed by atoms with Crippen LogP contribution >= 0.6 is 0 Å². The van der Waals surface area contributed by atoms with Crippen molar-refractivity contribution < 1.29 is 9.32 Å². The molecule has 3 rings (SSSR count). The summed E-state index contributed by atoms with van der Waals surface area (Å²) in [5.41, 5.74) is 2.41. The van der Waals surface area contributed by atoms with E-state index < -0.39 is 0 Å². The van der Waals surface area contributed by atoms with Gasteiger partial charge in [-0.1, -0.05) is 19.0 Å². The smallest absolute Gasteiger partial charge is 0.259 e. The average Bonchev–Trinajstić information content (AvgIpc) is 3.16. The Morgan fingerprint density at radius 2 is 2.13 bits per heavy atom. The Balaban J connectivity index is 1.81. The van der Waals surface area contributed by atoms with Crippen LogP contribution in [0.25, 0.3) is 0 Å². The van der Waals surface area contributed by atoms with Crippen molar-refractivity contribution >= 4 is 5.91 Å². The van der Waals surface area contributed by atoms with Crippen LogP contribution in [0, 0.1) is 13.8 Å². The van der Waals surface area contributed by atoms with Crippen LogP contribution < -0.4 is 0 Å². The lowest BCUT2D eigenvalue weighted by Gasteiger charge is -2.17. The molecule has 1 aliphatic heterocycles. The molecule has 0 saturated carbocycles. The van der Waals surface area contributed by atoms with Gasteiger partial charge in [-0.3, -0.25) is 4.79 Å². The summed E-state index contributed by atoms with van der Waals surface area (Å²) in [4.78, 5) is 19.4. The number of amides is 1. The molecule has 0 bridgehead atoms. The van der Waals surface area contributed by atoms with Crippen LogP contribution in [0.5, 0.6) is 0 Å². The molecule has 124 valence electrons. The van der Waals surface area contributed by atoms with Crippen molar-refractivity contribution in [3.8, 4) is 0 Å². The second kappa shape index (κ2) is 5.83. The number of rotatable bonds is 3. The molecule has 2 aromatic rings. The molecule has 1 aliphatic rings. The fourth-order valence-corrected chi connectivity index (χ4v) is 3.37. The number of nitrogens with zero attached hydrogens (tertiary/aromatic N) is 4. The number of carbonyl (C=O) groups is 1. The molecule has 0 unspecified atom stereocenters. The minimum absolute atomic E-state index is 0.0286. The zero-order valence-corrected chi connectivity index (χ0v) is 14.5. The summed E-state index contributed by atoms with van der Waals surface area (Å²) in [5, 5.41) is 4.06. The van der Waals surface area contributed by atoms with Crippen LogP contribution in [-0.4, -0.2) is 38.6 Å². The van der Waals surface area contributed by atoms with Gasteiger partial charge in [0, 0.05) is 32.3 Å². The molecule has 1 atom stereocenters. The summed E-state index contributed by atoms with van der Waals surface area (Å²) in [6.45, 7) is 9.30. The first kappa shape index (κ1) is 15.8. The summed E-state index contributed by atoms with van der Waals surface area (Å²) >= 11 is 0. The Labute approximate surface area is 136 Å². The highest BCUT2D eigenvalue weighted by molar-refractivity contribution is 5.96. The summed E-state index contributed by atoms with van der Waals surface area (Å²) < 4.78 is 7.33. The topological polar surface area (TPSA) is 64.2 Å². The van der Waals surface area contributed by atoms with Crippen LogP contribution in [0.15, 0.2) is 10.7 Å². The normalized spacial score (nSPS) is 18.2. The lowest BCUT2D eigenvalue weighted by molar-refractivity contribution is 0.0787. The Hall–Kier alpha value is -2.11. The van der Waals surface area contributed by atoms with E-state index in [9.17, 15) is 4.79 Å². The lowest BCUT2D eigenvalue weighted by Crippen LogP contribution is -2.29. The minimum atomic E-state index is 0.0286. The van der Waals surface area contributed by atoms with Crippen LogP contribution in [0.2, 0.25) is 0 Å². The SMILES string of the molecule is Cc1cn(C)c([C@@H]2CCN(C(=O)c3c(C(C)C)noc3C)C2)n1. The molecule has 0 aromatic carbocycles. The number of aryl methyl sites for hydroxylation is 3. The van der Waals surface area contributed by atoms with Crippen molar-refractivity contribution in [2.45, 2.75) is 46.0 Å². The molecule has 6 heteroatoms. The Bertz CT molecular complexity index is 729. The van der Waals surface area contributed by atoms with Gasteiger partial charge < -0.3 is 14.0 Å². The molecule has 1 amide bonds. The van der Waals surface area contributed by atoms with E-state index in [0.29, 0.717) is 23.8 Å². The van der Waals surface area contributed by atoms with Gasteiger partial charge in [-0.25, -0.2) is 4.98 Å². The zero-order chi connectivity index (χ0) is 16.7. The molecule has 0 radical (unpaired) electrons. The first-order valence-corrected chi connectivity index (χ1v) is 8.13. The molecule has 0 N–H and O–H groups in total. The van der Waals surface area contributed by atoms with Crippen LogP contribution in [0.1, 0.15) is 65.4 Å². The predicted octanol–water partition coefficient (Wildman–Crippen LogP) is 2.78. The van der Waals surface area contributed by atoms with Gasteiger partial charge in [-0.2, -0.15) is 0 Å². The molecule has 23 heavy (non-hydrogen) atoms. The molecule has 1 saturated heterocycles. The number of imidazole rings is 1. The molecule has 2 aromatic heterocycles. The summed E-state index contributed by atoms with van der Waals surface area (Å²) in [6.07, 6.45) is 2.97. The van der Waals surface area contributed by atoms with Crippen molar-refractivity contribution in [3.05, 3.63) is 34.7 Å². The van der Waals surface area contributed by atoms with Gasteiger partial charge in [0.05, 0.1) is 11.4 Å². The summed E-state index contributed by atoms with van der Waals surface area (Å²) in [5.74, 6) is 2.15. The second-order valence-electron chi connectivity index (χ2n) is 6.74. The van der Waals surface area contributed by atoms with E-state index in [0.717, 1.165) is 30.2 Å². The maximum absolute atomic E-state index is 12.9. The van der Waals surface area contributed by atoms with E-state index in [1.54, 1.807) is 0 Å². The van der Waals surface area contributed by atoms with Gasteiger partial charge >= 0.3 is 0 Å². The Morgan fingerprint density at radius 3 is 2.74 bits per heavy atom. The fourth-order valence-electron chi connectivity index (χ4n) is 3.37. The third-order valence-corrected chi connectivity index (χ3v) is 4.52. The van der Waals surface area contributed by atoms with E-state index in [-0.39, 0.29) is 11.8 Å². The monoisotopic (exact) mass is 316 g/mol. The third kappa shape index (κ3) is 2.78. The zero-order valence-electron chi connectivity index (χ0n) is 14.5. The van der Waals surface area contributed by atoms with Gasteiger partial charge in [-0.15, -0.1) is 0 Å². The standard InChI is InChI=1S/C17H24N4O2/c1-10(2)15-14(12(4)23-19-15)17(22)21-7-6-13(9-21)16-18-11(3)8-20(16)5/h8,10,13H,6-7,9H2,1-5H3/t13-/m1/s1. The Kier molecular flexibility index (Phi) is 4.00. The second-order valence-corrected chi connectivity index (χ2v) is 6.74. The van der Waals surface area contributed by atoms with Gasteiger partial charge in [0.15, 0.2) is 0 Å². The summed E-state index contributed by atoms with van der Waals surface area (Å²) in [7, 11) is 2.01. The average molecular weight is 316 g/mol. The molecule has 1 fully saturated rings. The highest BCUT2D eigenvalue weighted by Crippen LogP contribution is 2.30. The first-order chi connectivity index (χ1) is 10.9. The van der Waals surface area contributed by atoms with E-state index in [2.05, 4.69) is 14.7 Å². The highest BCUT2D eigenvalue weighted by atomic mass is 16.5. The summed E-state index contributed by atoms with van der Waals surface area (Å²) in [6, 6.07) is 0. The van der Waals surface area contributed by atoms with Gasteiger partial charge in [0.25, 0.3) is 5.91 Å². The number of likely N-dealkylation sites (tertiary alicyclic amines) is 1. The quantitative estimate of drug-likeness (QED) is 0.873. The molecular formula is C17H24N4O2. The van der Waals surface area contributed by atoms with Crippen LogP contribution in [-0.2, 0) is 7.05 Å². The van der Waals surface area contributed by atoms with Crippen molar-refractivity contribution in [3.63, 3.8) is 0 Å². The molecule has 0 spiro atoms. The fraction of sp³-hybridized carbons (Fsp3) is 0.588. The van der Waals surface area contributed by atoms with Crippen LogP contribution in [0.4, 0.5) is 0 Å². The molecular weight excluding hydrogens is 292 g/mol. The third-order valence-electron chi connectivity index (χ3n) is 4.52. The number of carbonyl (C=O) groups excluding carboxylic acids is 1. The van der Waals surface area contributed by atoms with Crippen molar-refractivity contribution in [1.29, 1.82) is 0 Å². The minimum Gasteiger partial charge on any atom is -0.361 e. The largest absolute Gasteiger partial charge is 0.361 e. The van der Waals surface area contributed by atoms with Gasteiger partial charge in [0.2, 0.25) is 0 Å². The first-order valence-electron chi connectivity index (χ1n) is 8.13. The lowest BCUT2D eigenvalue weighted by atomic mass is 10.0. The van der Waals surface area contributed by atoms with Crippen molar-refractivity contribution in [2.75, 3.05) is 13.1 Å². The van der Waals surface area contributed by atoms with E-state index in [4.69, 9.17) is 4.52 Å². The number of hydrogen-bond donors (Lipinski definition) is 0. The number of hydrogen-bond acceptors (Lipinski definition) is 4. The predicted molar refractivity (Wildman–Crippen MR) is 86.5 cm³/mol. The maximum Gasteiger partial charge on any atom is 0.259 e. The van der Waals surface area contributed by atoms with E-state index >= 15 is 0 Å². The van der Waals surface area contributed by atoms with Gasteiger partial charge in [0.1, 0.15) is 17.1 Å². The number of aromatic nitrogens is 3. The maximum atomic E-state index is 12.9. The van der Waals surface area contributed by atoms with Crippen LogP contribution in [0.3, 0.4) is 0 Å². The molecule has 3 heterocycles. The van der Waals surface area contributed by atoms with Gasteiger partial charge in [-0.05, 0) is 26.2 Å². The molecule has 0 aliphatic carbocycles. The highest BCUT2D eigenvalue weighted by Gasteiger charge is 2.33. The Morgan fingerprint density at radius 1 is 1.39 bits per heavy atom. The molecule has 6 nitrogen and oxygen atoms in total. The van der Waals surface area contributed by atoms with E-state index in [1.807, 2.05) is 45.8 Å². The van der Waals surface area contributed by atoms with Crippen molar-refractivity contribution in [1.82, 2.24) is 19.6 Å².